The number of rotatable bonds is 3. The van der Waals surface area contributed by atoms with E-state index in [4.69, 9.17) is 5.73 Å². The maximum absolute atomic E-state index is 6.21. The number of piperidine rings is 2. The van der Waals surface area contributed by atoms with Crippen molar-refractivity contribution in [2.45, 2.75) is 94.3 Å². The normalized spacial score (nSPS) is 45.8. The van der Waals surface area contributed by atoms with E-state index in [9.17, 15) is 0 Å². The number of nitrogen functional groups attached to an aromatic ring is 1. The highest BCUT2D eigenvalue weighted by Gasteiger charge is 2.57. The highest BCUT2D eigenvalue weighted by Crippen LogP contribution is 2.60. The molecular formula is C24H35N3. The van der Waals surface area contributed by atoms with E-state index in [1.54, 1.807) is 19.3 Å². The number of para-hydroxylation sites is 2. The lowest BCUT2D eigenvalue weighted by atomic mass is 9.51. The molecular weight excluding hydrogens is 330 g/mol. The molecule has 4 aliphatic carbocycles. The predicted octanol–water partition coefficient (Wildman–Crippen LogP) is 5.04. The second-order valence-corrected chi connectivity index (χ2v) is 10.7. The van der Waals surface area contributed by atoms with Gasteiger partial charge >= 0.3 is 0 Å². The van der Waals surface area contributed by atoms with Crippen LogP contribution in [0.15, 0.2) is 24.3 Å². The molecule has 3 nitrogen and oxygen atoms in total. The van der Waals surface area contributed by atoms with Crippen molar-refractivity contribution in [2.75, 3.05) is 11.1 Å². The fourth-order valence-electron chi connectivity index (χ4n) is 8.50. The van der Waals surface area contributed by atoms with Crippen LogP contribution >= 0.6 is 0 Å². The minimum absolute atomic E-state index is 0.585. The highest BCUT2D eigenvalue weighted by atomic mass is 15.3. The average molecular weight is 366 g/mol. The quantitative estimate of drug-likeness (QED) is 0.738. The zero-order chi connectivity index (χ0) is 18.0. The van der Waals surface area contributed by atoms with E-state index >= 15 is 0 Å². The first kappa shape index (κ1) is 16.7. The first-order valence-electron chi connectivity index (χ1n) is 11.6. The van der Waals surface area contributed by atoms with Gasteiger partial charge in [-0.15, -0.1) is 0 Å². The zero-order valence-electron chi connectivity index (χ0n) is 16.6. The summed E-state index contributed by atoms with van der Waals surface area (Å²) in [6.07, 6.45) is 16.1. The average Bonchev–Trinajstić information content (AvgIpc) is 2.62. The molecule has 6 aliphatic rings. The van der Waals surface area contributed by atoms with Crippen LogP contribution in [0.3, 0.4) is 0 Å². The molecule has 146 valence electrons. The predicted molar refractivity (Wildman–Crippen MR) is 112 cm³/mol. The molecule has 0 radical (unpaired) electrons. The molecule has 0 unspecified atom stereocenters. The Bertz CT molecular complexity index is 664. The van der Waals surface area contributed by atoms with E-state index in [0.717, 1.165) is 41.2 Å². The van der Waals surface area contributed by atoms with Gasteiger partial charge in [0.05, 0.1) is 11.4 Å². The van der Waals surface area contributed by atoms with Crippen molar-refractivity contribution in [1.29, 1.82) is 0 Å². The molecule has 7 rings (SSSR count). The van der Waals surface area contributed by atoms with Crippen LogP contribution in [0.25, 0.3) is 0 Å². The zero-order valence-corrected chi connectivity index (χ0v) is 16.6. The molecule has 3 atom stereocenters. The Morgan fingerprint density at radius 2 is 1.44 bits per heavy atom. The summed E-state index contributed by atoms with van der Waals surface area (Å²) in [4.78, 5) is 3.13. The third kappa shape index (κ3) is 2.72. The van der Waals surface area contributed by atoms with Crippen LogP contribution in [0.4, 0.5) is 11.4 Å². The third-order valence-corrected chi connectivity index (χ3v) is 8.85. The molecule has 6 fully saturated rings. The summed E-state index contributed by atoms with van der Waals surface area (Å²) >= 11 is 0. The minimum Gasteiger partial charge on any atom is -0.397 e. The van der Waals surface area contributed by atoms with Gasteiger partial charge in [0.2, 0.25) is 0 Å². The molecule has 0 aromatic heterocycles. The monoisotopic (exact) mass is 365 g/mol. The van der Waals surface area contributed by atoms with Crippen LogP contribution < -0.4 is 11.1 Å². The lowest BCUT2D eigenvalue weighted by Gasteiger charge is -2.66. The molecule has 2 saturated heterocycles. The third-order valence-electron chi connectivity index (χ3n) is 8.85. The Labute approximate surface area is 164 Å². The van der Waals surface area contributed by atoms with E-state index in [-0.39, 0.29) is 0 Å². The van der Waals surface area contributed by atoms with Gasteiger partial charge in [-0.3, -0.25) is 4.90 Å². The Balaban J connectivity index is 1.24. The number of hydrogen-bond acceptors (Lipinski definition) is 3. The van der Waals surface area contributed by atoms with E-state index < -0.39 is 0 Å². The van der Waals surface area contributed by atoms with E-state index in [1.165, 1.54) is 51.4 Å². The van der Waals surface area contributed by atoms with E-state index in [2.05, 4.69) is 22.3 Å². The number of hydrogen-bond donors (Lipinski definition) is 2. The second kappa shape index (κ2) is 6.14. The van der Waals surface area contributed by atoms with Gasteiger partial charge in [0, 0.05) is 23.7 Å². The van der Waals surface area contributed by atoms with Crippen molar-refractivity contribution in [3.05, 3.63) is 24.3 Å². The Kier molecular flexibility index (Phi) is 3.80. The topological polar surface area (TPSA) is 41.3 Å². The number of anilines is 2. The standard InChI is InChI=1S/C24H35N3/c25-22-6-1-2-7-23(22)26-19-11-20-4-3-5-21(12-19)27(20)24-13-16-8-17(14-24)10-18(9-16)15-24/h1-2,6-7,16-21,26H,3-5,8-15,25H2/t16?,17?,18?,19-,20+,21-,24?. The van der Waals surface area contributed by atoms with E-state index in [1.807, 2.05) is 12.1 Å². The fraction of sp³-hybridized carbons (Fsp3) is 0.750. The molecule has 0 spiro atoms. The summed E-state index contributed by atoms with van der Waals surface area (Å²) in [6, 6.07) is 10.5. The summed E-state index contributed by atoms with van der Waals surface area (Å²) < 4.78 is 0. The van der Waals surface area contributed by atoms with Gasteiger partial charge in [-0.1, -0.05) is 18.6 Å². The van der Waals surface area contributed by atoms with Gasteiger partial charge < -0.3 is 11.1 Å². The molecule has 1 aromatic rings. The molecule has 2 heterocycles. The van der Waals surface area contributed by atoms with Gasteiger partial charge in [0.15, 0.2) is 0 Å². The van der Waals surface area contributed by atoms with Gasteiger partial charge in [-0.05, 0) is 94.1 Å². The van der Waals surface area contributed by atoms with Crippen LogP contribution in [0, 0.1) is 17.8 Å². The smallest absolute Gasteiger partial charge is 0.0576 e. The summed E-state index contributed by atoms with van der Waals surface area (Å²) in [5, 5.41) is 3.82. The summed E-state index contributed by atoms with van der Waals surface area (Å²) in [5.41, 5.74) is 8.83. The van der Waals surface area contributed by atoms with Crippen molar-refractivity contribution in [1.82, 2.24) is 4.90 Å². The molecule has 2 aliphatic heterocycles. The minimum atomic E-state index is 0.585. The highest BCUT2D eigenvalue weighted by molar-refractivity contribution is 5.66. The summed E-state index contributed by atoms with van der Waals surface area (Å²) in [6.45, 7) is 0. The number of nitrogens with zero attached hydrogens (tertiary/aromatic N) is 1. The van der Waals surface area contributed by atoms with Crippen molar-refractivity contribution in [3.63, 3.8) is 0 Å². The SMILES string of the molecule is Nc1ccccc1N[C@H]1C[C@H]2CCC[C@@H](C1)N2C12CC3CC(CC(C3)C1)C2. The number of benzene rings is 1. The van der Waals surface area contributed by atoms with Gasteiger partial charge in [0.25, 0.3) is 0 Å². The second-order valence-electron chi connectivity index (χ2n) is 10.7. The van der Waals surface area contributed by atoms with Crippen LogP contribution in [-0.4, -0.2) is 28.6 Å². The number of nitrogens with two attached hydrogens (primary N) is 1. The largest absolute Gasteiger partial charge is 0.397 e. The molecule has 27 heavy (non-hydrogen) atoms. The van der Waals surface area contributed by atoms with Gasteiger partial charge in [0.1, 0.15) is 0 Å². The van der Waals surface area contributed by atoms with Crippen molar-refractivity contribution in [3.8, 4) is 0 Å². The molecule has 4 saturated carbocycles. The number of fused-ring (bicyclic) bond motifs is 2. The maximum atomic E-state index is 6.21. The molecule has 6 bridgehead atoms. The molecule has 1 aromatic carbocycles. The van der Waals surface area contributed by atoms with Crippen molar-refractivity contribution < 1.29 is 0 Å². The van der Waals surface area contributed by atoms with Crippen LogP contribution in [0.5, 0.6) is 0 Å². The van der Waals surface area contributed by atoms with Crippen molar-refractivity contribution in [2.24, 2.45) is 17.8 Å². The fourth-order valence-corrected chi connectivity index (χ4v) is 8.50. The Hall–Kier alpha value is -1.22. The van der Waals surface area contributed by atoms with Gasteiger partial charge in [-0.25, -0.2) is 0 Å². The summed E-state index contributed by atoms with van der Waals surface area (Å²) in [7, 11) is 0. The molecule has 3 heteroatoms. The van der Waals surface area contributed by atoms with E-state index in [0.29, 0.717) is 11.6 Å². The Morgan fingerprint density at radius 1 is 0.852 bits per heavy atom. The lowest BCUT2D eigenvalue weighted by Crippen LogP contribution is -2.68. The van der Waals surface area contributed by atoms with Crippen LogP contribution in [0.2, 0.25) is 0 Å². The maximum Gasteiger partial charge on any atom is 0.0576 e. The van der Waals surface area contributed by atoms with Crippen LogP contribution in [0.1, 0.15) is 70.6 Å². The summed E-state index contributed by atoms with van der Waals surface area (Å²) in [5.74, 6) is 3.16. The molecule has 0 amide bonds. The van der Waals surface area contributed by atoms with Crippen molar-refractivity contribution >= 4 is 11.4 Å². The first-order chi connectivity index (χ1) is 13.2. The number of nitrogens with one attached hydrogen (secondary N) is 1. The van der Waals surface area contributed by atoms with Crippen LogP contribution in [-0.2, 0) is 0 Å². The van der Waals surface area contributed by atoms with Gasteiger partial charge in [-0.2, -0.15) is 0 Å². The lowest BCUT2D eigenvalue weighted by molar-refractivity contribution is -0.146. The first-order valence-corrected chi connectivity index (χ1v) is 11.6. The molecule has 3 N–H and O–H groups in total. The Morgan fingerprint density at radius 3 is 2.04 bits per heavy atom.